The number of phenolic OH excluding ortho intramolecular Hbond substituents is 4. The minimum Gasteiger partial charge on any atom is -0.508 e. The summed E-state index contributed by atoms with van der Waals surface area (Å²) in [5, 5.41) is 81.8. The molecular formula is C32H28N6O17S3. The number of nitrogens with zero attached hydrogens (tertiary/aromatic N) is 6. The monoisotopic (exact) mass is 864 g/mol. The molecule has 23 nitrogen and oxygen atoms in total. The van der Waals surface area contributed by atoms with Crippen molar-refractivity contribution in [1.82, 2.24) is 0 Å². The van der Waals surface area contributed by atoms with E-state index in [1.54, 1.807) is 0 Å². The standard InChI is InChI=1S/C32H28N6O17S3/c39-5-7-54-26-15-23(37-38-31-29(58(51,52)53)10-16-9-19(56(45,46)47)13-25(43)30(16)32(31)44)27(55-8-6-40)14-22(26)36-35-21-3-1-17(11-28(21)57(48,49)50)33-34-20-4-2-18(41)12-24(20)42/h1-4,9-15,39-44H,5-8H2,(H,45,46,47)(H,48,49,50)(H,51,52,53)/b34-33+,36-35+,38-37+. The largest absolute Gasteiger partial charge is 0.508 e. The highest BCUT2D eigenvalue weighted by Crippen LogP contribution is 2.47. The molecule has 5 aromatic rings. The lowest BCUT2D eigenvalue weighted by Gasteiger charge is -2.13. The first kappa shape index (κ1) is 42.7. The lowest BCUT2D eigenvalue weighted by molar-refractivity contribution is 0.198. The van der Waals surface area contributed by atoms with Crippen LogP contribution in [-0.4, -0.2) is 96.0 Å². The number of aromatic hydroxyl groups is 4. The predicted molar refractivity (Wildman–Crippen MR) is 197 cm³/mol. The second-order valence-electron chi connectivity index (χ2n) is 11.4. The van der Waals surface area contributed by atoms with Gasteiger partial charge in [-0.25, -0.2) is 0 Å². The Labute approximate surface area is 326 Å². The minimum atomic E-state index is -5.28. The zero-order valence-electron chi connectivity index (χ0n) is 28.9. The van der Waals surface area contributed by atoms with Crippen molar-refractivity contribution >= 4 is 75.3 Å². The van der Waals surface area contributed by atoms with Crippen molar-refractivity contribution in [1.29, 1.82) is 0 Å². The van der Waals surface area contributed by atoms with Gasteiger partial charge in [-0.05, 0) is 47.9 Å². The predicted octanol–water partition coefficient (Wildman–Crippen LogP) is 5.39. The number of hydrogen-bond acceptors (Lipinski definition) is 20. The molecule has 0 bridgehead atoms. The molecule has 0 aliphatic rings. The maximum absolute atomic E-state index is 12.4. The van der Waals surface area contributed by atoms with E-state index >= 15 is 0 Å². The smallest absolute Gasteiger partial charge is 0.296 e. The van der Waals surface area contributed by atoms with Crippen molar-refractivity contribution in [3.63, 3.8) is 0 Å². The SMILES string of the molecule is O=S(=O)(O)c1cc(O)c2c(O)c(/N=N/c3cc(OCCO)c(/N=N/c4ccc(/N=N/c5ccc(O)cc5O)cc4S(=O)(=O)O)cc3OCCO)c(S(=O)(=O)O)cc2c1. The van der Waals surface area contributed by atoms with Crippen LogP contribution < -0.4 is 9.47 Å². The molecule has 0 aliphatic heterocycles. The Morgan fingerprint density at radius 2 is 1.07 bits per heavy atom. The summed E-state index contributed by atoms with van der Waals surface area (Å²) in [4.78, 5) is -2.81. The fourth-order valence-electron chi connectivity index (χ4n) is 4.89. The number of hydrogen-bond donors (Lipinski definition) is 9. The summed E-state index contributed by atoms with van der Waals surface area (Å²) in [5.41, 5.74) is -2.23. The van der Waals surface area contributed by atoms with E-state index in [4.69, 9.17) is 9.47 Å². The van der Waals surface area contributed by atoms with Gasteiger partial charge in [0.15, 0.2) is 5.75 Å². The molecule has 0 heterocycles. The zero-order valence-corrected chi connectivity index (χ0v) is 31.3. The molecule has 5 rings (SSSR count). The molecule has 5 aromatic carbocycles. The van der Waals surface area contributed by atoms with Crippen LogP contribution in [0.3, 0.4) is 0 Å². The molecule has 0 aliphatic carbocycles. The van der Waals surface area contributed by atoms with E-state index in [-0.39, 0.29) is 46.6 Å². The van der Waals surface area contributed by atoms with Crippen molar-refractivity contribution in [2.45, 2.75) is 14.7 Å². The second kappa shape index (κ2) is 17.0. The van der Waals surface area contributed by atoms with E-state index in [0.717, 1.165) is 30.3 Å². The van der Waals surface area contributed by atoms with Crippen LogP contribution >= 0.6 is 0 Å². The maximum Gasteiger partial charge on any atom is 0.296 e. The van der Waals surface area contributed by atoms with Crippen molar-refractivity contribution < 1.29 is 79.0 Å². The summed E-state index contributed by atoms with van der Waals surface area (Å²) in [6.45, 7) is -1.90. The molecule has 0 radical (unpaired) electrons. The first-order valence-corrected chi connectivity index (χ1v) is 20.0. The Kier molecular flexibility index (Phi) is 12.5. The maximum atomic E-state index is 12.4. The van der Waals surface area contributed by atoms with Crippen molar-refractivity contribution in [3.8, 4) is 34.5 Å². The average molecular weight is 865 g/mol. The van der Waals surface area contributed by atoms with E-state index in [9.17, 15) is 69.6 Å². The summed E-state index contributed by atoms with van der Waals surface area (Å²) >= 11 is 0. The van der Waals surface area contributed by atoms with Crippen LogP contribution in [0.2, 0.25) is 0 Å². The lowest BCUT2D eigenvalue weighted by Crippen LogP contribution is -2.04. The molecule has 0 fully saturated rings. The van der Waals surface area contributed by atoms with Gasteiger partial charge in [-0.15, -0.1) is 25.6 Å². The molecule has 0 atom stereocenters. The van der Waals surface area contributed by atoms with Gasteiger partial charge in [-0.3, -0.25) is 13.7 Å². The van der Waals surface area contributed by atoms with E-state index in [1.807, 2.05) is 0 Å². The summed E-state index contributed by atoms with van der Waals surface area (Å²) in [7, 11) is -15.2. The van der Waals surface area contributed by atoms with Crippen LogP contribution in [0.1, 0.15) is 0 Å². The summed E-state index contributed by atoms with van der Waals surface area (Å²) in [6, 6.07) is 10.6. The minimum absolute atomic E-state index is 0.0864. The lowest BCUT2D eigenvalue weighted by atomic mass is 10.1. The summed E-state index contributed by atoms with van der Waals surface area (Å²) < 4.78 is 113. The second-order valence-corrected chi connectivity index (χ2v) is 15.6. The van der Waals surface area contributed by atoms with Crippen molar-refractivity contribution in [3.05, 3.63) is 66.7 Å². The highest BCUT2D eigenvalue weighted by atomic mass is 32.2. The van der Waals surface area contributed by atoms with Crippen LogP contribution in [0.25, 0.3) is 10.8 Å². The fourth-order valence-corrected chi connectivity index (χ4v) is 6.73. The van der Waals surface area contributed by atoms with Crippen LogP contribution in [0.5, 0.6) is 34.5 Å². The Hall–Kier alpha value is -6.39. The molecule has 0 saturated carbocycles. The molecule has 0 saturated heterocycles. The number of ether oxygens (including phenoxy) is 2. The van der Waals surface area contributed by atoms with Gasteiger partial charge in [-0.2, -0.15) is 30.4 Å². The first-order valence-electron chi connectivity index (χ1n) is 15.7. The molecule has 58 heavy (non-hydrogen) atoms. The highest BCUT2D eigenvalue weighted by Gasteiger charge is 2.26. The molecule has 9 N–H and O–H groups in total. The number of azo groups is 3. The van der Waals surface area contributed by atoms with Gasteiger partial charge in [0.25, 0.3) is 30.4 Å². The molecule has 0 spiro atoms. The van der Waals surface area contributed by atoms with Crippen LogP contribution in [0, 0.1) is 0 Å². The third-order valence-corrected chi connectivity index (χ3v) is 9.97. The zero-order chi connectivity index (χ0) is 42.6. The molecule has 0 aromatic heterocycles. The van der Waals surface area contributed by atoms with Gasteiger partial charge < -0.3 is 40.1 Å². The molecule has 0 unspecified atom stereocenters. The number of aliphatic hydroxyl groups is 2. The fraction of sp³-hybridized carbons (Fsp3) is 0.125. The van der Waals surface area contributed by atoms with Crippen LogP contribution in [-0.2, 0) is 30.4 Å². The third kappa shape index (κ3) is 9.94. The van der Waals surface area contributed by atoms with Gasteiger partial charge in [0.1, 0.15) is 80.2 Å². The van der Waals surface area contributed by atoms with E-state index < -0.39 is 104 Å². The van der Waals surface area contributed by atoms with Crippen molar-refractivity contribution in [2.24, 2.45) is 30.7 Å². The molecular weight excluding hydrogens is 837 g/mol. The molecule has 0 amide bonds. The molecule has 26 heteroatoms. The Bertz CT molecular complexity index is 2850. The van der Waals surface area contributed by atoms with E-state index in [1.165, 1.54) is 18.2 Å². The van der Waals surface area contributed by atoms with Gasteiger partial charge in [0, 0.05) is 24.3 Å². The molecule has 306 valence electrons. The van der Waals surface area contributed by atoms with E-state index in [0.29, 0.717) is 18.2 Å². The third-order valence-electron chi connectivity index (χ3n) is 7.39. The highest BCUT2D eigenvalue weighted by molar-refractivity contribution is 7.86. The number of aliphatic hydroxyl groups excluding tert-OH is 2. The average Bonchev–Trinajstić information content (AvgIpc) is 3.13. The normalized spacial score (nSPS) is 12.6. The number of benzene rings is 5. The number of phenols is 4. The van der Waals surface area contributed by atoms with Gasteiger partial charge in [0.2, 0.25) is 0 Å². The van der Waals surface area contributed by atoms with Gasteiger partial charge in [0.05, 0.1) is 29.2 Å². The first-order chi connectivity index (χ1) is 27.2. The summed E-state index contributed by atoms with van der Waals surface area (Å²) in [5.74, 6) is -3.31. The van der Waals surface area contributed by atoms with Gasteiger partial charge in [-0.1, -0.05) is 0 Å². The Morgan fingerprint density at radius 1 is 0.517 bits per heavy atom. The van der Waals surface area contributed by atoms with Crippen molar-refractivity contribution in [2.75, 3.05) is 26.4 Å². The van der Waals surface area contributed by atoms with Crippen LogP contribution in [0.4, 0.5) is 34.1 Å². The van der Waals surface area contributed by atoms with Gasteiger partial charge >= 0.3 is 0 Å². The Balaban J connectivity index is 1.61. The van der Waals surface area contributed by atoms with Crippen LogP contribution in [0.15, 0.2) is 112 Å². The number of rotatable bonds is 15. The quantitative estimate of drug-likeness (QED) is 0.0470. The summed E-state index contributed by atoms with van der Waals surface area (Å²) in [6.07, 6.45) is 0. The number of fused-ring (bicyclic) bond motifs is 1. The van der Waals surface area contributed by atoms with E-state index in [2.05, 4.69) is 30.7 Å². The topological polar surface area (TPSA) is 377 Å². The Morgan fingerprint density at radius 3 is 1.62 bits per heavy atom.